The van der Waals surface area contributed by atoms with Crippen molar-refractivity contribution in [1.82, 2.24) is 10.3 Å². The second-order valence-electron chi connectivity index (χ2n) is 6.18. The summed E-state index contributed by atoms with van der Waals surface area (Å²) < 4.78 is 0. The summed E-state index contributed by atoms with van der Waals surface area (Å²) in [5.74, 6) is -0.215. The topological polar surface area (TPSA) is 45.2 Å². The fourth-order valence-corrected chi connectivity index (χ4v) is 3.01. The minimum atomic E-state index is -0.215. The number of benzene rings is 2. The molecule has 0 aliphatic rings. The molecule has 0 radical (unpaired) electrons. The molecule has 4 nitrogen and oxygen atoms in total. The lowest BCUT2D eigenvalue weighted by Crippen LogP contribution is -2.25. The molecule has 0 saturated carbocycles. The van der Waals surface area contributed by atoms with Gasteiger partial charge in [-0.1, -0.05) is 60.1 Å². The Bertz CT molecular complexity index is 882. The summed E-state index contributed by atoms with van der Waals surface area (Å²) >= 11 is 6.12. The van der Waals surface area contributed by atoms with E-state index >= 15 is 0 Å². The summed E-state index contributed by atoms with van der Waals surface area (Å²) in [7, 11) is 0. The van der Waals surface area contributed by atoms with Gasteiger partial charge in [0.25, 0.3) is 5.91 Å². The van der Waals surface area contributed by atoms with Gasteiger partial charge in [-0.3, -0.25) is 4.79 Å². The molecular formula is C22H22ClN3O. The Balaban J connectivity index is 1.63. The molecule has 0 aliphatic heterocycles. The van der Waals surface area contributed by atoms with Crippen LogP contribution in [0.5, 0.6) is 0 Å². The van der Waals surface area contributed by atoms with Crippen molar-refractivity contribution in [2.75, 3.05) is 11.4 Å². The third-order valence-corrected chi connectivity index (χ3v) is 4.71. The number of nitrogens with one attached hydrogen (secondary N) is 1. The van der Waals surface area contributed by atoms with Gasteiger partial charge in [0.15, 0.2) is 0 Å². The first-order valence-electron chi connectivity index (χ1n) is 8.94. The molecular weight excluding hydrogens is 358 g/mol. The molecule has 27 heavy (non-hydrogen) atoms. The molecule has 0 bridgehead atoms. The SMILES string of the molecule is CCN(Cc1ccccc1)c1ccc(C(=O)NCc2ccccc2Cl)nc1. The zero-order chi connectivity index (χ0) is 19.1. The number of carbonyl (C=O) groups excluding carboxylic acids is 1. The average Bonchev–Trinajstić information content (AvgIpc) is 2.72. The van der Waals surface area contributed by atoms with Crippen molar-refractivity contribution in [3.63, 3.8) is 0 Å². The number of anilines is 1. The molecule has 0 saturated heterocycles. The van der Waals surface area contributed by atoms with Crippen molar-refractivity contribution in [2.24, 2.45) is 0 Å². The van der Waals surface area contributed by atoms with E-state index in [1.54, 1.807) is 12.3 Å². The molecule has 1 heterocycles. The van der Waals surface area contributed by atoms with Gasteiger partial charge < -0.3 is 10.2 Å². The highest BCUT2D eigenvalue weighted by Crippen LogP contribution is 2.17. The molecule has 0 fully saturated rings. The lowest BCUT2D eigenvalue weighted by atomic mass is 10.2. The minimum Gasteiger partial charge on any atom is -0.366 e. The van der Waals surface area contributed by atoms with E-state index in [0.29, 0.717) is 17.3 Å². The molecule has 0 aliphatic carbocycles. The van der Waals surface area contributed by atoms with Gasteiger partial charge in [0.2, 0.25) is 0 Å². The molecule has 138 valence electrons. The largest absolute Gasteiger partial charge is 0.366 e. The first kappa shape index (κ1) is 18.9. The maximum Gasteiger partial charge on any atom is 0.270 e. The Labute approximate surface area is 164 Å². The van der Waals surface area contributed by atoms with Crippen LogP contribution in [-0.2, 0) is 13.1 Å². The Hall–Kier alpha value is -2.85. The van der Waals surface area contributed by atoms with Gasteiger partial charge in [-0.05, 0) is 36.2 Å². The van der Waals surface area contributed by atoms with Gasteiger partial charge >= 0.3 is 0 Å². The summed E-state index contributed by atoms with van der Waals surface area (Å²) in [5, 5.41) is 3.50. The van der Waals surface area contributed by atoms with Crippen LogP contribution in [0.15, 0.2) is 72.9 Å². The number of halogens is 1. The Morgan fingerprint density at radius 3 is 2.44 bits per heavy atom. The van der Waals surface area contributed by atoms with Gasteiger partial charge in [0.1, 0.15) is 5.69 Å². The van der Waals surface area contributed by atoms with Crippen LogP contribution in [-0.4, -0.2) is 17.4 Å². The van der Waals surface area contributed by atoms with E-state index in [4.69, 9.17) is 11.6 Å². The van der Waals surface area contributed by atoms with E-state index in [-0.39, 0.29) is 5.91 Å². The van der Waals surface area contributed by atoms with Crippen molar-refractivity contribution in [1.29, 1.82) is 0 Å². The molecule has 0 atom stereocenters. The van der Waals surface area contributed by atoms with Crippen LogP contribution in [0.2, 0.25) is 5.02 Å². The first-order chi connectivity index (χ1) is 13.2. The summed E-state index contributed by atoms with van der Waals surface area (Å²) in [6, 6.07) is 21.4. The van der Waals surface area contributed by atoms with Crippen molar-refractivity contribution in [3.05, 3.63) is 94.8 Å². The maximum absolute atomic E-state index is 12.3. The second kappa shape index (κ2) is 9.19. The van der Waals surface area contributed by atoms with Gasteiger partial charge in [-0.2, -0.15) is 0 Å². The number of aromatic nitrogens is 1. The molecule has 0 unspecified atom stereocenters. The van der Waals surface area contributed by atoms with Crippen LogP contribution in [0, 0.1) is 0 Å². The second-order valence-corrected chi connectivity index (χ2v) is 6.58. The standard InChI is InChI=1S/C22H22ClN3O/c1-2-26(16-17-8-4-3-5-9-17)19-12-13-21(24-15-19)22(27)25-14-18-10-6-7-11-20(18)23/h3-13,15H,2,14,16H2,1H3,(H,25,27). The van der Waals surface area contributed by atoms with E-state index in [2.05, 4.69) is 34.3 Å². The zero-order valence-corrected chi connectivity index (χ0v) is 16.0. The van der Waals surface area contributed by atoms with Crippen LogP contribution in [0.1, 0.15) is 28.5 Å². The van der Waals surface area contributed by atoms with E-state index in [1.807, 2.05) is 48.5 Å². The molecule has 2 aromatic carbocycles. The predicted octanol–water partition coefficient (Wildman–Crippen LogP) is 4.69. The van der Waals surface area contributed by atoms with E-state index in [9.17, 15) is 4.79 Å². The number of amides is 1. The number of carbonyl (C=O) groups is 1. The minimum absolute atomic E-state index is 0.215. The van der Waals surface area contributed by atoms with E-state index < -0.39 is 0 Å². The van der Waals surface area contributed by atoms with Crippen LogP contribution in [0.25, 0.3) is 0 Å². The number of pyridine rings is 1. The predicted molar refractivity (Wildman–Crippen MR) is 110 cm³/mol. The monoisotopic (exact) mass is 379 g/mol. The van der Waals surface area contributed by atoms with Crippen molar-refractivity contribution >= 4 is 23.2 Å². The van der Waals surface area contributed by atoms with Gasteiger partial charge in [0, 0.05) is 24.7 Å². The fraction of sp³-hybridized carbons (Fsp3) is 0.182. The lowest BCUT2D eigenvalue weighted by Gasteiger charge is -2.23. The highest BCUT2D eigenvalue weighted by atomic mass is 35.5. The fourth-order valence-electron chi connectivity index (χ4n) is 2.80. The van der Waals surface area contributed by atoms with E-state index in [1.165, 1.54) is 5.56 Å². The van der Waals surface area contributed by atoms with Crippen molar-refractivity contribution in [3.8, 4) is 0 Å². The normalized spacial score (nSPS) is 10.4. The highest BCUT2D eigenvalue weighted by molar-refractivity contribution is 6.31. The first-order valence-corrected chi connectivity index (χ1v) is 9.31. The third kappa shape index (κ3) is 5.08. The molecule has 5 heteroatoms. The van der Waals surface area contributed by atoms with Crippen molar-refractivity contribution < 1.29 is 4.79 Å². The molecule has 3 rings (SSSR count). The number of hydrogen-bond donors (Lipinski definition) is 1. The third-order valence-electron chi connectivity index (χ3n) is 4.34. The molecule has 1 N–H and O–H groups in total. The van der Waals surface area contributed by atoms with Crippen LogP contribution in [0.4, 0.5) is 5.69 Å². The summed E-state index contributed by atoms with van der Waals surface area (Å²) in [6.45, 7) is 4.13. The molecule has 3 aromatic rings. The Morgan fingerprint density at radius 1 is 1.04 bits per heavy atom. The number of hydrogen-bond acceptors (Lipinski definition) is 3. The number of rotatable bonds is 7. The molecule has 0 spiro atoms. The summed E-state index contributed by atoms with van der Waals surface area (Å²) in [5.41, 5.74) is 3.50. The van der Waals surface area contributed by atoms with Crippen LogP contribution in [0.3, 0.4) is 0 Å². The molecule has 1 amide bonds. The average molecular weight is 380 g/mol. The molecule has 1 aromatic heterocycles. The van der Waals surface area contributed by atoms with Crippen LogP contribution < -0.4 is 10.2 Å². The summed E-state index contributed by atoms with van der Waals surface area (Å²) in [6.07, 6.45) is 1.75. The zero-order valence-electron chi connectivity index (χ0n) is 15.2. The smallest absolute Gasteiger partial charge is 0.270 e. The Kier molecular flexibility index (Phi) is 6.44. The lowest BCUT2D eigenvalue weighted by molar-refractivity contribution is 0.0946. The van der Waals surface area contributed by atoms with Gasteiger partial charge in [-0.25, -0.2) is 4.98 Å². The Morgan fingerprint density at radius 2 is 1.78 bits per heavy atom. The van der Waals surface area contributed by atoms with Crippen LogP contribution >= 0.6 is 11.6 Å². The summed E-state index contributed by atoms with van der Waals surface area (Å²) in [4.78, 5) is 18.9. The highest BCUT2D eigenvalue weighted by Gasteiger charge is 2.10. The van der Waals surface area contributed by atoms with E-state index in [0.717, 1.165) is 24.3 Å². The maximum atomic E-state index is 12.3. The quantitative estimate of drug-likeness (QED) is 0.647. The van der Waals surface area contributed by atoms with Gasteiger partial charge in [0.05, 0.1) is 11.9 Å². The van der Waals surface area contributed by atoms with Crippen molar-refractivity contribution in [2.45, 2.75) is 20.0 Å². The number of nitrogens with zero attached hydrogens (tertiary/aromatic N) is 2. The van der Waals surface area contributed by atoms with Gasteiger partial charge in [-0.15, -0.1) is 0 Å².